The minimum atomic E-state index is -0.365. The third kappa shape index (κ3) is 4.20. The smallest absolute Gasteiger partial charge is 0.276 e. The lowest BCUT2D eigenvalue weighted by atomic mass is 10.1. The Morgan fingerprint density at radius 3 is 2.56 bits per heavy atom. The predicted octanol–water partition coefficient (Wildman–Crippen LogP) is 5.62. The molecule has 0 atom stereocenters. The molecule has 39 heavy (non-hydrogen) atoms. The molecule has 9 nitrogen and oxygen atoms in total. The average molecular weight is 533 g/mol. The van der Waals surface area contributed by atoms with Crippen LogP contribution in [0.5, 0.6) is 0 Å². The van der Waals surface area contributed by atoms with Crippen molar-refractivity contribution in [3.63, 3.8) is 0 Å². The molecule has 7 aromatic rings. The Balaban J connectivity index is 1.22. The fourth-order valence-corrected chi connectivity index (χ4v) is 5.11. The number of nitrogens with zero attached hydrogens (tertiary/aromatic N) is 7. The molecule has 188 valence electrons. The highest BCUT2D eigenvalue weighted by atomic mass is 32.1. The van der Waals surface area contributed by atoms with E-state index in [1.807, 2.05) is 53.1 Å². The van der Waals surface area contributed by atoms with Gasteiger partial charge in [0.2, 0.25) is 0 Å². The van der Waals surface area contributed by atoms with E-state index in [0.717, 1.165) is 27.5 Å². The van der Waals surface area contributed by atoms with Gasteiger partial charge in [-0.1, -0.05) is 6.07 Å². The summed E-state index contributed by atoms with van der Waals surface area (Å²) < 4.78 is 17.1. The van der Waals surface area contributed by atoms with E-state index >= 15 is 0 Å². The van der Waals surface area contributed by atoms with Crippen LogP contribution in [0.2, 0.25) is 0 Å². The van der Waals surface area contributed by atoms with E-state index in [1.165, 1.54) is 23.5 Å². The van der Waals surface area contributed by atoms with E-state index in [1.54, 1.807) is 40.6 Å². The van der Waals surface area contributed by atoms with Gasteiger partial charge in [-0.15, -0.1) is 11.3 Å². The van der Waals surface area contributed by atoms with Crippen LogP contribution in [0.15, 0.2) is 96.9 Å². The number of pyridine rings is 2. The molecule has 1 N–H and O–H groups in total. The Morgan fingerprint density at radius 1 is 0.872 bits per heavy atom. The van der Waals surface area contributed by atoms with Gasteiger partial charge in [0.25, 0.3) is 5.91 Å². The highest BCUT2D eigenvalue weighted by Gasteiger charge is 2.19. The van der Waals surface area contributed by atoms with Crippen LogP contribution in [0, 0.1) is 5.82 Å². The molecule has 0 radical (unpaired) electrons. The van der Waals surface area contributed by atoms with Gasteiger partial charge in [-0.25, -0.2) is 23.9 Å². The van der Waals surface area contributed by atoms with E-state index in [9.17, 15) is 9.18 Å². The third-order valence-corrected chi connectivity index (χ3v) is 7.01. The van der Waals surface area contributed by atoms with Gasteiger partial charge in [0.1, 0.15) is 33.6 Å². The summed E-state index contributed by atoms with van der Waals surface area (Å²) in [6.07, 6.45) is 6.92. The normalized spacial score (nSPS) is 11.3. The zero-order chi connectivity index (χ0) is 26.3. The summed E-state index contributed by atoms with van der Waals surface area (Å²) >= 11 is 1.38. The summed E-state index contributed by atoms with van der Waals surface area (Å²) in [6.45, 7) is 0. The molecule has 0 spiro atoms. The summed E-state index contributed by atoms with van der Waals surface area (Å²) in [5.41, 5.74) is 5.32. The van der Waals surface area contributed by atoms with Gasteiger partial charge < -0.3 is 5.32 Å². The molecular weight excluding hydrogens is 515 g/mol. The topological polar surface area (TPSA) is 102 Å². The summed E-state index contributed by atoms with van der Waals surface area (Å²) in [6, 6.07) is 19.3. The monoisotopic (exact) mass is 532 g/mol. The maximum absolute atomic E-state index is 13.6. The molecule has 0 aliphatic heterocycles. The van der Waals surface area contributed by atoms with Crippen LogP contribution in [0.25, 0.3) is 44.5 Å². The first-order valence-corrected chi connectivity index (χ1v) is 12.8. The second kappa shape index (κ2) is 9.23. The molecule has 6 aromatic heterocycles. The largest absolute Gasteiger partial charge is 0.304 e. The van der Waals surface area contributed by atoms with Gasteiger partial charge in [0.05, 0.1) is 11.9 Å². The van der Waals surface area contributed by atoms with Crippen molar-refractivity contribution in [2.24, 2.45) is 0 Å². The van der Waals surface area contributed by atoms with Crippen LogP contribution in [-0.4, -0.2) is 39.9 Å². The fraction of sp³-hybridized carbons (Fsp3) is 0. The van der Waals surface area contributed by atoms with Crippen LogP contribution in [0.3, 0.4) is 0 Å². The average Bonchev–Trinajstić information content (AvgIpc) is 3.70. The number of thiazole rings is 1. The molecule has 0 unspecified atom stereocenters. The first kappa shape index (κ1) is 22.9. The number of carbonyl (C=O) groups excluding carboxylic acids is 1. The molecular formula is C28H17FN8OS. The Kier molecular flexibility index (Phi) is 5.41. The number of anilines is 1. The lowest BCUT2D eigenvalue weighted by Gasteiger charge is -2.05. The van der Waals surface area contributed by atoms with Gasteiger partial charge in [-0.2, -0.15) is 5.10 Å². The molecule has 7 rings (SSSR count). The van der Waals surface area contributed by atoms with E-state index < -0.39 is 0 Å². The Labute approximate surface area is 224 Å². The number of hydrogen-bond donors (Lipinski definition) is 1. The first-order chi connectivity index (χ1) is 19.1. The zero-order valence-electron chi connectivity index (χ0n) is 20.1. The van der Waals surface area contributed by atoms with Gasteiger partial charge in [0.15, 0.2) is 11.5 Å². The minimum absolute atomic E-state index is 0.298. The van der Waals surface area contributed by atoms with Crippen molar-refractivity contribution in [2.45, 2.75) is 0 Å². The number of carbonyl (C=O) groups is 1. The molecule has 0 fully saturated rings. The summed E-state index contributed by atoms with van der Waals surface area (Å²) in [7, 11) is 0. The van der Waals surface area contributed by atoms with Crippen molar-refractivity contribution in [1.82, 2.24) is 34.0 Å². The molecule has 1 amide bonds. The maximum atomic E-state index is 13.6. The standard InChI is InChI=1S/C28H17FN8OS/c29-19-6-4-17(5-7-19)25-26(36-14-2-1-3-23(36)34-25)20-8-9-24-32-22(15-37(24)35-20)33-27(38)21-16-39-28(31-21)18-10-12-30-13-11-18/h1-16H,(H,33,38). The van der Waals surface area contributed by atoms with Crippen molar-refractivity contribution in [2.75, 3.05) is 5.32 Å². The number of halogens is 1. The van der Waals surface area contributed by atoms with Gasteiger partial charge in [0, 0.05) is 35.1 Å². The van der Waals surface area contributed by atoms with Crippen molar-refractivity contribution in [3.05, 3.63) is 108 Å². The Morgan fingerprint density at radius 2 is 1.72 bits per heavy atom. The Hall–Kier alpha value is -5.29. The molecule has 0 saturated heterocycles. The molecule has 11 heteroatoms. The highest BCUT2D eigenvalue weighted by Crippen LogP contribution is 2.32. The van der Waals surface area contributed by atoms with E-state index in [-0.39, 0.29) is 11.7 Å². The molecule has 1 aromatic carbocycles. The van der Waals surface area contributed by atoms with Crippen LogP contribution in [0.1, 0.15) is 10.5 Å². The number of rotatable bonds is 5. The van der Waals surface area contributed by atoms with Gasteiger partial charge in [-0.05, 0) is 60.7 Å². The number of amides is 1. The zero-order valence-corrected chi connectivity index (χ0v) is 20.9. The number of benzene rings is 1. The van der Waals surface area contributed by atoms with Crippen molar-refractivity contribution in [3.8, 4) is 33.2 Å². The molecule has 0 aliphatic rings. The van der Waals surface area contributed by atoms with Crippen molar-refractivity contribution < 1.29 is 9.18 Å². The SMILES string of the molecule is O=C(Nc1cn2nc(-c3c(-c4ccc(F)cc4)nc4ccccn34)ccc2n1)c1csc(-c2ccncc2)n1. The maximum Gasteiger partial charge on any atom is 0.276 e. The van der Waals surface area contributed by atoms with Crippen molar-refractivity contribution in [1.29, 1.82) is 0 Å². The predicted molar refractivity (Wildman–Crippen MR) is 146 cm³/mol. The summed E-state index contributed by atoms with van der Waals surface area (Å²) in [5, 5.41) is 10.0. The second-order valence-corrected chi connectivity index (χ2v) is 9.48. The number of imidazole rings is 2. The molecule has 0 bridgehead atoms. The summed E-state index contributed by atoms with van der Waals surface area (Å²) in [5.74, 6) is -0.335. The third-order valence-electron chi connectivity index (χ3n) is 6.12. The lowest BCUT2D eigenvalue weighted by molar-refractivity contribution is 0.102. The quantitative estimate of drug-likeness (QED) is 0.309. The van der Waals surface area contributed by atoms with E-state index in [0.29, 0.717) is 28.5 Å². The van der Waals surface area contributed by atoms with E-state index in [2.05, 4.69) is 20.3 Å². The number of hydrogen-bond acceptors (Lipinski definition) is 7. The van der Waals surface area contributed by atoms with Crippen LogP contribution in [-0.2, 0) is 0 Å². The van der Waals surface area contributed by atoms with Gasteiger partial charge in [-0.3, -0.25) is 14.2 Å². The highest BCUT2D eigenvalue weighted by molar-refractivity contribution is 7.13. The van der Waals surface area contributed by atoms with Crippen LogP contribution in [0.4, 0.5) is 10.2 Å². The lowest BCUT2D eigenvalue weighted by Crippen LogP contribution is -2.12. The molecule has 0 saturated carbocycles. The fourth-order valence-electron chi connectivity index (χ4n) is 4.30. The number of nitrogens with one attached hydrogen (secondary N) is 1. The molecule has 0 aliphatic carbocycles. The second-order valence-electron chi connectivity index (χ2n) is 8.62. The van der Waals surface area contributed by atoms with Crippen molar-refractivity contribution >= 4 is 34.4 Å². The Bertz CT molecular complexity index is 1980. The minimum Gasteiger partial charge on any atom is -0.304 e. The number of fused-ring (bicyclic) bond motifs is 2. The first-order valence-electron chi connectivity index (χ1n) is 11.9. The summed E-state index contributed by atoms with van der Waals surface area (Å²) in [4.78, 5) is 30.6. The van der Waals surface area contributed by atoms with E-state index in [4.69, 9.17) is 10.1 Å². The van der Waals surface area contributed by atoms with Crippen LogP contribution < -0.4 is 5.32 Å². The molecule has 6 heterocycles. The van der Waals surface area contributed by atoms with Gasteiger partial charge >= 0.3 is 0 Å². The van der Waals surface area contributed by atoms with Crippen LogP contribution >= 0.6 is 11.3 Å². The number of aromatic nitrogens is 7.